The van der Waals surface area contributed by atoms with Crippen LogP contribution in [-0.2, 0) is 11.2 Å². The van der Waals surface area contributed by atoms with Crippen molar-refractivity contribution < 1.29 is 4.79 Å². The highest BCUT2D eigenvalue weighted by molar-refractivity contribution is 9.10. The summed E-state index contributed by atoms with van der Waals surface area (Å²) in [6.07, 6.45) is 5.49. The van der Waals surface area contributed by atoms with Gasteiger partial charge in [0.05, 0.1) is 6.42 Å². The summed E-state index contributed by atoms with van der Waals surface area (Å²) in [5, 5.41) is 3.60. The Hall–Kier alpha value is -0.870. The molecule has 2 atom stereocenters. The van der Waals surface area contributed by atoms with E-state index < -0.39 is 0 Å². The standard InChI is InChI=1S/C17H23BrN2O/c18-15-6-1-4-13(10-15)11-17(21)20-9-3-5-14(12-20)16-7-2-8-19-16/h1,4,6,10,14,16,19H,2-3,5,7-9,11-12H2. The first kappa shape index (κ1) is 15.0. The number of nitrogens with zero attached hydrogens (tertiary/aromatic N) is 1. The van der Waals surface area contributed by atoms with E-state index in [1.165, 1.54) is 19.3 Å². The van der Waals surface area contributed by atoms with E-state index in [9.17, 15) is 4.79 Å². The quantitative estimate of drug-likeness (QED) is 0.908. The molecule has 0 spiro atoms. The molecular formula is C17H23BrN2O. The van der Waals surface area contributed by atoms with Gasteiger partial charge in [-0.3, -0.25) is 4.79 Å². The van der Waals surface area contributed by atoms with Crippen LogP contribution in [0.2, 0.25) is 0 Å². The van der Waals surface area contributed by atoms with E-state index in [2.05, 4.69) is 26.1 Å². The van der Waals surface area contributed by atoms with Crippen LogP contribution in [-0.4, -0.2) is 36.5 Å². The Morgan fingerprint density at radius 3 is 3.00 bits per heavy atom. The number of carbonyl (C=O) groups is 1. The number of hydrogen-bond donors (Lipinski definition) is 1. The van der Waals surface area contributed by atoms with E-state index in [1.807, 2.05) is 24.3 Å². The van der Waals surface area contributed by atoms with E-state index in [4.69, 9.17) is 0 Å². The Morgan fingerprint density at radius 1 is 1.33 bits per heavy atom. The van der Waals surface area contributed by atoms with Gasteiger partial charge in [0.2, 0.25) is 5.91 Å². The molecule has 21 heavy (non-hydrogen) atoms. The molecular weight excluding hydrogens is 328 g/mol. The summed E-state index contributed by atoms with van der Waals surface area (Å²) < 4.78 is 1.04. The van der Waals surface area contributed by atoms with E-state index in [-0.39, 0.29) is 5.91 Å². The molecule has 1 aromatic carbocycles. The predicted molar refractivity (Wildman–Crippen MR) is 88.2 cm³/mol. The Kier molecular flexibility index (Phi) is 4.96. The SMILES string of the molecule is O=C(Cc1cccc(Br)c1)N1CCCC(C2CCCN2)C1. The first-order valence-electron chi connectivity index (χ1n) is 7.98. The van der Waals surface area contributed by atoms with Crippen molar-refractivity contribution in [2.45, 2.75) is 38.1 Å². The number of amides is 1. The third-order valence-electron chi connectivity index (χ3n) is 4.72. The van der Waals surface area contributed by atoms with Crippen LogP contribution in [0, 0.1) is 5.92 Å². The van der Waals surface area contributed by atoms with Crippen LogP contribution < -0.4 is 5.32 Å². The first-order chi connectivity index (χ1) is 10.2. The number of nitrogens with one attached hydrogen (secondary N) is 1. The summed E-state index contributed by atoms with van der Waals surface area (Å²) in [5.41, 5.74) is 1.09. The molecule has 2 aliphatic heterocycles. The second-order valence-electron chi connectivity index (χ2n) is 6.25. The average molecular weight is 351 g/mol. The minimum absolute atomic E-state index is 0.274. The number of halogens is 1. The number of piperidine rings is 1. The van der Waals surface area contributed by atoms with Gasteiger partial charge in [-0.1, -0.05) is 28.1 Å². The normalized spacial score (nSPS) is 26.0. The molecule has 2 aliphatic rings. The van der Waals surface area contributed by atoms with Crippen LogP contribution in [0.1, 0.15) is 31.2 Å². The summed E-state index contributed by atoms with van der Waals surface area (Å²) in [5.74, 6) is 0.920. The molecule has 3 rings (SSSR count). The Morgan fingerprint density at radius 2 is 2.24 bits per heavy atom. The van der Waals surface area contributed by atoms with Crippen LogP contribution in [0.5, 0.6) is 0 Å². The molecule has 0 aliphatic carbocycles. The molecule has 1 aromatic rings. The largest absolute Gasteiger partial charge is 0.342 e. The molecule has 114 valence electrons. The topological polar surface area (TPSA) is 32.3 Å². The van der Waals surface area contributed by atoms with Gasteiger partial charge < -0.3 is 10.2 Å². The molecule has 2 unspecified atom stereocenters. The number of likely N-dealkylation sites (tertiary alicyclic amines) is 1. The summed E-state index contributed by atoms with van der Waals surface area (Å²) in [7, 11) is 0. The molecule has 2 fully saturated rings. The van der Waals surface area contributed by atoms with Gasteiger partial charge >= 0.3 is 0 Å². The van der Waals surface area contributed by atoms with Crippen molar-refractivity contribution in [2.75, 3.05) is 19.6 Å². The highest BCUT2D eigenvalue weighted by Crippen LogP contribution is 2.25. The molecule has 1 amide bonds. The van der Waals surface area contributed by atoms with Crippen molar-refractivity contribution in [3.8, 4) is 0 Å². The molecule has 3 nitrogen and oxygen atoms in total. The Labute approximate surface area is 135 Å². The summed E-state index contributed by atoms with van der Waals surface area (Å²) >= 11 is 3.47. The van der Waals surface area contributed by atoms with Crippen molar-refractivity contribution >= 4 is 21.8 Å². The average Bonchev–Trinajstić information content (AvgIpc) is 3.02. The molecule has 0 aromatic heterocycles. The lowest BCUT2D eigenvalue weighted by atomic mass is 9.89. The fraction of sp³-hybridized carbons (Fsp3) is 0.588. The van der Waals surface area contributed by atoms with E-state index in [1.54, 1.807) is 0 Å². The van der Waals surface area contributed by atoms with Gasteiger partial charge in [-0.25, -0.2) is 0 Å². The van der Waals surface area contributed by atoms with Crippen LogP contribution in [0.3, 0.4) is 0 Å². The van der Waals surface area contributed by atoms with Gasteiger partial charge in [0.15, 0.2) is 0 Å². The number of hydrogen-bond acceptors (Lipinski definition) is 2. The minimum Gasteiger partial charge on any atom is -0.342 e. The zero-order valence-electron chi connectivity index (χ0n) is 12.4. The summed E-state index contributed by atoms with van der Waals surface area (Å²) in [4.78, 5) is 14.6. The van der Waals surface area contributed by atoms with Crippen molar-refractivity contribution in [1.29, 1.82) is 0 Å². The fourth-order valence-corrected chi connectivity index (χ4v) is 4.06. The number of benzene rings is 1. The molecule has 1 N–H and O–H groups in total. The second kappa shape index (κ2) is 6.93. The highest BCUT2D eigenvalue weighted by atomic mass is 79.9. The maximum absolute atomic E-state index is 12.5. The summed E-state index contributed by atoms with van der Waals surface area (Å²) in [6, 6.07) is 8.69. The summed E-state index contributed by atoms with van der Waals surface area (Å²) in [6.45, 7) is 3.01. The van der Waals surface area contributed by atoms with Gasteiger partial charge in [-0.2, -0.15) is 0 Å². The maximum Gasteiger partial charge on any atom is 0.227 e. The van der Waals surface area contributed by atoms with Gasteiger partial charge in [-0.15, -0.1) is 0 Å². The third-order valence-corrected chi connectivity index (χ3v) is 5.22. The number of rotatable bonds is 3. The second-order valence-corrected chi connectivity index (χ2v) is 7.17. The highest BCUT2D eigenvalue weighted by Gasteiger charge is 2.30. The predicted octanol–water partition coefficient (Wildman–Crippen LogP) is 2.98. The molecule has 0 radical (unpaired) electrons. The van der Waals surface area contributed by atoms with Gasteiger partial charge in [0.1, 0.15) is 0 Å². The van der Waals surface area contributed by atoms with Crippen molar-refractivity contribution in [3.63, 3.8) is 0 Å². The van der Waals surface area contributed by atoms with E-state index >= 15 is 0 Å². The first-order valence-corrected chi connectivity index (χ1v) is 8.77. The molecule has 0 saturated carbocycles. The molecule has 2 saturated heterocycles. The Balaban J connectivity index is 1.59. The fourth-order valence-electron chi connectivity index (χ4n) is 3.61. The zero-order valence-corrected chi connectivity index (χ0v) is 13.9. The van der Waals surface area contributed by atoms with Gasteiger partial charge in [0.25, 0.3) is 0 Å². The number of carbonyl (C=O) groups excluding carboxylic acids is 1. The van der Waals surface area contributed by atoms with Crippen molar-refractivity contribution in [2.24, 2.45) is 5.92 Å². The van der Waals surface area contributed by atoms with Gasteiger partial charge in [0, 0.05) is 23.6 Å². The van der Waals surface area contributed by atoms with Crippen LogP contribution in [0.4, 0.5) is 0 Å². The van der Waals surface area contributed by atoms with Gasteiger partial charge in [-0.05, 0) is 55.8 Å². The van der Waals surface area contributed by atoms with Crippen molar-refractivity contribution in [3.05, 3.63) is 34.3 Å². The van der Waals surface area contributed by atoms with Crippen LogP contribution >= 0.6 is 15.9 Å². The lowest BCUT2D eigenvalue weighted by Crippen LogP contribution is -2.46. The monoisotopic (exact) mass is 350 g/mol. The third kappa shape index (κ3) is 3.86. The molecule has 2 heterocycles. The lowest BCUT2D eigenvalue weighted by Gasteiger charge is -2.36. The smallest absolute Gasteiger partial charge is 0.227 e. The Bertz CT molecular complexity index is 499. The maximum atomic E-state index is 12.5. The molecule has 0 bridgehead atoms. The van der Waals surface area contributed by atoms with Crippen molar-refractivity contribution in [1.82, 2.24) is 10.2 Å². The van der Waals surface area contributed by atoms with Crippen LogP contribution in [0.25, 0.3) is 0 Å². The molecule has 4 heteroatoms. The van der Waals surface area contributed by atoms with Crippen LogP contribution in [0.15, 0.2) is 28.7 Å². The van der Waals surface area contributed by atoms with E-state index in [0.29, 0.717) is 18.4 Å². The lowest BCUT2D eigenvalue weighted by molar-refractivity contribution is -0.132. The van der Waals surface area contributed by atoms with E-state index in [0.717, 1.165) is 36.1 Å². The minimum atomic E-state index is 0.274. The zero-order chi connectivity index (χ0) is 14.7.